The smallest absolute Gasteiger partial charge is 0.356 e. The summed E-state index contributed by atoms with van der Waals surface area (Å²) in [5, 5.41) is 6.09. The third-order valence-corrected chi connectivity index (χ3v) is 2.06. The molecule has 2 rings (SSSR count). The number of fused-ring (bicyclic) bond motifs is 1. The molecule has 0 unspecified atom stereocenters. The highest BCUT2D eigenvalue weighted by Crippen LogP contribution is 2.09. The lowest BCUT2D eigenvalue weighted by Gasteiger charge is -2.03. The van der Waals surface area contributed by atoms with E-state index >= 15 is 0 Å². The quantitative estimate of drug-likeness (QED) is 0.551. The summed E-state index contributed by atoms with van der Waals surface area (Å²) in [5.41, 5.74) is 0.0165. The molecule has 17 heavy (non-hydrogen) atoms. The summed E-state index contributed by atoms with van der Waals surface area (Å²) in [4.78, 5) is 36.6. The normalized spacial score (nSPS) is 10.2. The number of nitroso groups, excluding NO2 is 1. The van der Waals surface area contributed by atoms with Crippen LogP contribution in [0.1, 0.15) is 21.0 Å². The molecule has 0 aliphatic rings. The zero-order chi connectivity index (χ0) is 12.4. The van der Waals surface area contributed by atoms with Crippen molar-refractivity contribution in [3.8, 4) is 0 Å². The lowest BCUT2D eigenvalue weighted by molar-refractivity contribution is 0.0590. The minimum Gasteiger partial charge on any atom is -0.464 e. The number of esters is 1. The summed E-state index contributed by atoms with van der Waals surface area (Å²) < 4.78 is 5.74. The van der Waals surface area contributed by atoms with E-state index in [2.05, 4.69) is 20.0 Å². The van der Waals surface area contributed by atoms with Gasteiger partial charge in [0.15, 0.2) is 11.3 Å². The van der Waals surface area contributed by atoms with E-state index in [0.717, 1.165) is 6.07 Å². The maximum atomic E-state index is 11.5. The molecular weight excluding hydrogens is 228 g/mol. The number of ether oxygens (including phenoxy) is 1. The molecule has 0 aromatic carbocycles. The van der Waals surface area contributed by atoms with Crippen molar-refractivity contribution in [1.82, 2.24) is 14.6 Å². The minimum atomic E-state index is -1.06. The maximum Gasteiger partial charge on any atom is 0.356 e. The molecule has 8 nitrogen and oxygen atoms in total. The molecule has 0 atom stereocenters. The van der Waals surface area contributed by atoms with Gasteiger partial charge in [0.25, 0.3) is 0 Å². The van der Waals surface area contributed by atoms with Gasteiger partial charge in [0.2, 0.25) is 0 Å². The first-order valence-corrected chi connectivity index (χ1v) is 4.48. The van der Waals surface area contributed by atoms with Crippen molar-refractivity contribution in [2.45, 2.75) is 0 Å². The SMILES string of the molecule is COC(=O)c1cc(C(=O)N=O)nc2ccnn12. The molecule has 8 heteroatoms. The molecular formula is C9H6N4O4. The molecule has 1 amide bonds. The first-order valence-electron chi connectivity index (χ1n) is 4.48. The van der Waals surface area contributed by atoms with E-state index in [-0.39, 0.29) is 17.0 Å². The number of carbonyl (C=O) groups excluding carboxylic acids is 2. The number of hydrogen-bond donors (Lipinski definition) is 0. The van der Waals surface area contributed by atoms with Crippen molar-refractivity contribution in [2.24, 2.45) is 5.18 Å². The van der Waals surface area contributed by atoms with Crippen LogP contribution in [0.15, 0.2) is 23.5 Å². The second kappa shape index (κ2) is 4.08. The van der Waals surface area contributed by atoms with Crippen LogP contribution in [0.5, 0.6) is 0 Å². The first-order chi connectivity index (χ1) is 8.17. The fraction of sp³-hybridized carbons (Fsp3) is 0.111. The molecule has 0 saturated heterocycles. The fourth-order valence-electron chi connectivity index (χ4n) is 1.32. The largest absolute Gasteiger partial charge is 0.464 e. The number of methoxy groups -OCH3 is 1. The second-order valence-electron chi connectivity index (χ2n) is 3.02. The average Bonchev–Trinajstić information content (AvgIpc) is 2.83. The molecule has 0 N–H and O–H groups in total. The zero-order valence-electron chi connectivity index (χ0n) is 8.65. The van der Waals surface area contributed by atoms with Gasteiger partial charge in [0.05, 0.1) is 13.3 Å². The number of amides is 1. The molecule has 0 aliphatic carbocycles. The van der Waals surface area contributed by atoms with Gasteiger partial charge in [-0.1, -0.05) is 0 Å². The van der Waals surface area contributed by atoms with Gasteiger partial charge in [-0.2, -0.15) is 5.10 Å². The number of rotatable bonds is 2. The Labute approximate surface area is 94.2 Å². The van der Waals surface area contributed by atoms with Crippen molar-refractivity contribution in [2.75, 3.05) is 7.11 Å². The molecule has 2 aromatic heterocycles. The Balaban J connectivity index is 2.70. The predicted molar refractivity (Wildman–Crippen MR) is 54.5 cm³/mol. The van der Waals surface area contributed by atoms with Crippen LogP contribution < -0.4 is 0 Å². The zero-order valence-corrected chi connectivity index (χ0v) is 8.65. The van der Waals surface area contributed by atoms with Gasteiger partial charge in [0, 0.05) is 17.3 Å². The predicted octanol–water partition coefficient (Wildman–Crippen LogP) is 0.422. The third kappa shape index (κ3) is 1.75. The molecule has 0 radical (unpaired) electrons. The summed E-state index contributed by atoms with van der Waals surface area (Å²) in [6, 6.07) is 2.59. The Morgan fingerprint density at radius 1 is 1.47 bits per heavy atom. The van der Waals surface area contributed by atoms with Crippen molar-refractivity contribution in [1.29, 1.82) is 0 Å². The van der Waals surface area contributed by atoms with Crippen LogP contribution in [0, 0.1) is 4.91 Å². The van der Waals surface area contributed by atoms with Crippen molar-refractivity contribution < 1.29 is 14.3 Å². The molecule has 2 aromatic rings. The van der Waals surface area contributed by atoms with Crippen LogP contribution in [0.3, 0.4) is 0 Å². The van der Waals surface area contributed by atoms with Crippen LogP contribution in [0.4, 0.5) is 0 Å². The average molecular weight is 234 g/mol. The number of nitrogens with zero attached hydrogens (tertiary/aromatic N) is 4. The van der Waals surface area contributed by atoms with Gasteiger partial charge in [-0.05, 0) is 0 Å². The molecule has 0 saturated carbocycles. The Bertz CT molecular complexity index is 618. The Morgan fingerprint density at radius 3 is 2.88 bits per heavy atom. The van der Waals surface area contributed by atoms with Crippen molar-refractivity contribution in [3.63, 3.8) is 0 Å². The van der Waals surface area contributed by atoms with Crippen LogP contribution in [-0.4, -0.2) is 33.6 Å². The molecule has 86 valence electrons. The Kier molecular flexibility index (Phi) is 2.61. The standard InChI is InChI=1S/C9H6N4O4/c1-17-9(15)6-4-5(8(14)12-16)11-7-2-3-10-13(6)7/h2-4H,1H3. The van der Waals surface area contributed by atoms with Gasteiger partial charge < -0.3 is 4.74 Å². The Hall–Kier alpha value is -2.64. The monoisotopic (exact) mass is 234 g/mol. The van der Waals surface area contributed by atoms with E-state index in [1.807, 2.05) is 0 Å². The van der Waals surface area contributed by atoms with Gasteiger partial charge in [-0.3, -0.25) is 4.79 Å². The lowest BCUT2D eigenvalue weighted by atomic mass is 10.3. The van der Waals surface area contributed by atoms with Gasteiger partial charge >= 0.3 is 11.9 Å². The molecule has 0 spiro atoms. The van der Waals surface area contributed by atoms with E-state index < -0.39 is 11.9 Å². The van der Waals surface area contributed by atoms with E-state index in [4.69, 9.17) is 0 Å². The van der Waals surface area contributed by atoms with E-state index in [9.17, 15) is 14.5 Å². The van der Waals surface area contributed by atoms with Gasteiger partial charge in [-0.25, -0.2) is 14.3 Å². The summed E-state index contributed by atoms with van der Waals surface area (Å²) in [7, 11) is 1.19. The third-order valence-electron chi connectivity index (χ3n) is 2.06. The molecule has 2 heterocycles. The van der Waals surface area contributed by atoms with Crippen LogP contribution in [0.2, 0.25) is 0 Å². The summed E-state index contributed by atoms with van der Waals surface area (Å²) in [5.74, 6) is -1.75. The highest BCUT2D eigenvalue weighted by molar-refractivity contribution is 5.96. The first kappa shape index (κ1) is 10.9. The molecule has 0 fully saturated rings. The van der Waals surface area contributed by atoms with Crippen LogP contribution in [-0.2, 0) is 4.74 Å². The highest BCUT2D eigenvalue weighted by atomic mass is 16.5. The molecule has 0 aliphatic heterocycles. The Morgan fingerprint density at radius 2 is 2.24 bits per heavy atom. The highest BCUT2D eigenvalue weighted by Gasteiger charge is 2.17. The minimum absolute atomic E-state index is 0.00509. The van der Waals surface area contributed by atoms with E-state index in [1.165, 1.54) is 23.9 Å². The summed E-state index contributed by atoms with van der Waals surface area (Å²) in [6.45, 7) is 0. The summed E-state index contributed by atoms with van der Waals surface area (Å²) in [6.07, 6.45) is 1.40. The van der Waals surface area contributed by atoms with E-state index in [1.54, 1.807) is 0 Å². The maximum absolute atomic E-state index is 11.5. The number of aromatic nitrogens is 3. The van der Waals surface area contributed by atoms with Gasteiger partial charge in [0.1, 0.15) is 5.69 Å². The topological polar surface area (TPSA) is 103 Å². The van der Waals surface area contributed by atoms with Crippen LogP contribution >= 0.6 is 0 Å². The molecule has 0 bridgehead atoms. The van der Waals surface area contributed by atoms with Gasteiger partial charge in [-0.15, -0.1) is 4.91 Å². The fourth-order valence-corrected chi connectivity index (χ4v) is 1.32. The van der Waals surface area contributed by atoms with Crippen molar-refractivity contribution >= 4 is 17.5 Å². The number of carbonyl (C=O) groups is 2. The lowest BCUT2D eigenvalue weighted by Crippen LogP contribution is -2.12. The van der Waals surface area contributed by atoms with Crippen molar-refractivity contribution in [3.05, 3.63) is 34.6 Å². The second-order valence-corrected chi connectivity index (χ2v) is 3.02. The van der Waals surface area contributed by atoms with E-state index in [0.29, 0.717) is 0 Å². The number of hydrogen-bond acceptors (Lipinski definition) is 6. The van der Waals surface area contributed by atoms with Crippen LogP contribution in [0.25, 0.3) is 5.65 Å². The summed E-state index contributed by atoms with van der Waals surface area (Å²) >= 11 is 0.